The third-order valence-electron chi connectivity index (χ3n) is 5.06. The lowest BCUT2D eigenvalue weighted by Crippen LogP contribution is -2.44. The Kier molecular flexibility index (Phi) is 5.33. The number of H-pyrrole nitrogens is 1. The van der Waals surface area contributed by atoms with Crippen LogP contribution in [-0.2, 0) is 4.79 Å². The van der Waals surface area contributed by atoms with E-state index in [0.717, 1.165) is 28.4 Å². The molecular weight excluding hydrogens is 322 g/mol. The summed E-state index contributed by atoms with van der Waals surface area (Å²) in [5.74, 6) is 2.49. The maximum absolute atomic E-state index is 12.3. The van der Waals surface area contributed by atoms with E-state index in [1.54, 1.807) is 7.11 Å². The minimum atomic E-state index is 0.0870. The molecule has 0 unspecified atom stereocenters. The Morgan fingerprint density at radius 3 is 3.04 bits per heavy atom. The van der Waals surface area contributed by atoms with Gasteiger partial charge in [-0.2, -0.15) is 0 Å². The average molecular weight is 347 g/mol. The number of thioether (sulfide) groups is 1. The van der Waals surface area contributed by atoms with E-state index in [0.29, 0.717) is 23.6 Å². The van der Waals surface area contributed by atoms with Crippen LogP contribution < -0.4 is 10.1 Å². The zero-order valence-corrected chi connectivity index (χ0v) is 15.3. The zero-order chi connectivity index (χ0) is 17.1. The van der Waals surface area contributed by atoms with Gasteiger partial charge in [0.15, 0.2) is 5.16 Å². The summed E-state index contributed by atoms with van der Waals surface area (Å²) in [5.41, 5.74) is 1.81. The normalized spacial score (nSPS) is 24.0. The molecule has 0 bridgehead atoms. The Labute approximate surface area is 146 Å². The molecule has 1 fully saturated rings. The predicted octanol–water partition coefficient (Wildman–Crippen LogP) is 3.60. The van der Waals surface area contributed by atoms with Crippen molar-refractivity contribution in [2.24, 2.45) is 11.8 Å². The molecule has 6 heteroatoms. The van der Waals surface area contributed by atoms with Crippen LogP contribution in [0, 0.1) is 11.8 Å². The van der Waals surface area contributed by atoms with Crippen LogP contribution in [0.2, 0.25) is 0 Å². The Morgan fingerprint density at radius 1 is 1.42 bits per heavy atom. The first kappa shape index (κ1) is 17.1. The molecule has 1 aromatic carbocycles. The Balaban J connectivity index is 1.56. The third kappa shape index (κ3) is 3.86. The van der Waals surface area contributed by atoms with Gasteiger partial charge >= 0.3 is 0 Å². The van der Waals surface area contributed by atoms with E-state index in [-0.39, 0.29) is 5.91 Å². The fourth-order valence-electron chi connectivity index (χ4n) is 3.33. The Bertz CT molecular complexity index is 715. The molecule has 5 nitrogen and oxygen atoms in total. The smallest absolute Gasteiger partial charge is 0.230 e. The van der Waals surface area contributed by atoms with E-state index >= 15 is 0 Å². The average Bonchev–Trinajstić information content (AvgIpc) is 2.99. The van der Waals surface area contributed by atoms with Crippen LogP contribution in [0.4, 0.5) is 0 Å². The summed E-state index contributed by atoms with van der Waals surface area (Å²) in [6.45, 7) is 4.52. The van der Waals surface area contributed by atoms with Crippen LogP contribution in [0.15, 0.2) is 23.4 Å². The third-order valence-corrected chi connectivity index (χ3v) is 5.93. The van der Waals surface area contributed by atoms with Gasteiger partial charge in [0.05, 0.1) is 23.9 Å². The highest BCUT2D eigenvalue weighted by Gasteiger charge is 2.28. The molecule has 1 saturated carbocycles. The molecule has 2 aromatic rings. The SMILES string of the molecule is COc1ccc2nc(SCC(=O)N[C@@H]3CCC[C@H](C)[C@@H]3C)[nH]c2c1. The number of methoxy groups -OCH3 is 1. The number of aromatic nitrogens is 2. The second-order valence-electron chi connectivity index (χ2n) is 6.66. The van der Waals surface area contributed by atoms with Crippen molar-refractivity contribution >= 4 is 28.7 Å². The van der Waals surface area contributed by atoms with Crippen LogP contribution in [0.25, 0.3) is 11.0 Å². The van der Waals surface area contributed by atoms with Crippen molar-refractivity contribution < 1.29 is 9.53 Å². The van der Waals surface area contributed by atoms with Gasteiger partial charge in [-0.3, -0.25) is 4.79 Å². The number of carbonyl (C=O) groups excluding carboxylic acids is 1. The molecular formula is C18H25N3O2S. The molecule has 1 aliphatic carbocycles. The Morgan fingerprint density at radius 2 is 2.25 bits per heavy atom. The molecule has 0 spiro atoms. The van der Waals surface area contributed by atoms with Gasteiger partial charge in [-0.25, -0.2) is 4.98 Å². The lowest BCUT2D eigenvalue weighted by atomic mass is 9.78. The number of aromatic amines is 1. The monoisotopic (exact) mass is 347 g/mol. The highest BCUT2D eigenvalue weighted by atomic mass is 32.2. The number of imidazole rings is 1. The summed E-state index contributed by atoms with van der Waals surface area (Å²) >= 11 is 1.44. The van der Waals surface area contributed by atoms with Crippen molar-refractivity contribution in [2.75, 3.05) is 12.9 Å². The lowest BCUT2D eigenvalue weighted by molar-refractivity contribution is -0.120. The first-order chi connectivity index (χ1) is 11.6. The van der Waals surface area contributed by atoms with E-state index in [4.69, 9.17) is 4.74 Å². The van der Waals surface area contributed by atoms with Crippen molar-refractivity contribution in [2.45, 2.75) is 44.3 Å². The molecule has 1 aromatic heterocycles. The summed E-state index contributed by atoms with van der Waals surface area (Å²) in [6, 6.07) is 6.02. The van der Waals surface area contributed by atoms with Crippen LogP contribution in [0.5, 0.6) is 5.75 Å². The van der Waals surface area contributed by atoms with Gasteiger partial charge < -0.3 is 15.0 Å². The summed E-state index contributed by atoms with van der Waals surface area (Å²) in [7, 11) is 1.64. The molecule has 1 heterocycles. The molecule has 0 saturated heterocycles. The molecule has 0 radical (unpaired) electrons. The molecule has 1 aliphatic rings. The van der Waals surface area contributed by atoms with Crippen molar-refractivity contribution in [3.8, 4) is 5.75 Å². The zero-order valence-electron chi connectivity index (χ0n) is 14.5. The van der Waals surface area contributed by atoms with Crippen molar-refractivity contribution in [1.82, 2.24) is 15.3 Å². The van der Waals surface area contributed by atoms with Gasteiger partial charge in [0.2, 0.25) is 5.91 Å². The number of fused-ring (bicyclic) bond motifs is 1. The quantitative estimate of drug-likeness (QED) is 0.811. The minimum Gasteiger partial charge on any atom is -0.497 e. The summed E-state index contributed by atoms with van der Waals surface area (Å²) in [4.78, 5) is 20.0. The molecule has 0 aliphatic heterocycles. The van der Waals surface area contributed by atoms with Gasteiger partial charge in [-0.1, -0.05) is 38.5 Å². The first-order valence-corrected chi connectivity index (χ1v) is 9.51. The van der Waals surface area contributed by atoms with Gasteiger partial charge in [0.1, 0.15) is 5.75 Å². The van der Waals surface area contributed by atoms with Crippen molar-refractivity contribution in [3.05, 3.63) is 18.2 Å². The fraction of sp³-hybridized carbons (Fsp3) is 0.556. The van der Waals surface area contributed by atoms with E-state index in [2.05, 4.69) is 29.1 Å². The minimum absolute atomic E-state index is 0.0870. The highest BCUT2D eigenvalue weighted by molar-refractivity contribution is 7.99. The van der Waals surface area contributed by atoms with E-state index in [1.165, 1.54) is 24.6 Å². The number of carbonyl (C=O) groups is 1. The number of amides is 1. The van der Waals surface area contributed by atoms with Crippen molar-refractivity contribution in [1.29, 1.82) is 0 Å². The van der Waals surface area contributed by atoms with Crippen LogP contribution >= 0.6 is 11.8 Å². The molecule has 1 amide bonds. The van der Waals surface area contributed by atoms with E-state index in [1.807, 2.05) is 18.2 Å². The van der Waals surface area contributed by atoms with Crippen LogP contribution in [0.1, 0.15) is 33.1 Å². The number of hydrogen-bond acceptors (Lipinski definition) is 4. The maximum Gasteiger partial charge on any atom is 0.230 e. The summed E-state index contributed by atoms with van der Waals surface area (Å²) in [6.07, 6.45) is 3.56. The number of ether oxygens (including phenoxy) is 1. The largest absolute Gasteiger partial charge is 0.497 e. The van der Waals surface area contributed by atoms with Gasteiger partial charge in [0, 0.05) is 12.1 Å². The van der Waals surface area contributed by atoms with E-state index < -0.39 is 0 Å². The standard InChI is InChI=1S/C18H25N3O2S/c1-11-5-4-6-14(12(11)2)19-17(22)10-24-18-20-15-8-7-13(23-3)9-16(15)21-18/h7-9,11-12,14H,4-6,10H2,1-3H3,(H,19,22)(H,20,21)/t11-,12-,14+/m0/s1. The maximum atomic E-state index is 12.3. The van der Waals surface area contributed by atoms with Crippen LogP contribution in [-0.4, -0.2) is 34.8 Å². The summed E-state index contributed by atoms with van der Waals surface area (Å²) < 4.78 is 5.21. The lowest BCUT2D eigenvalue weighted by Gasteiger charge is -2.34. The number of hydrogen-bond donors (Lipinski definition) is 2. The first-order valence-electron chi connectivity index (χ1n) is 8.52. The number of nitrogens with one attached hydrogen (secondary N) is 2. The molecule has 3 atom stereocenters. The molecule has 3 rings (SSSR count). The number of benzene rings is 1. The summed E-state index contributed by atoms with van der Waals surface area (Å²) in [5, 5.41) is 3.96. The van der Waals surface area contributed by atoms with Crippen LogP contribution in [0.3, 0.4) is 0 Å². The highest BCUT2D eigenvalue weighted by Crippen LogP contribution is 2.29. The number of nitrogens with zero attached hydrogens (tertiary/aromatic N) is 1. The number of rotatable bonds is 5. The van der Waals surface area contributed by atoms with Crippen molar-refractivity contribution in [3.63, 3.8) is 0 Å². The molecule has 130 valence electrons. The Hall–Kier alpha value is -1.69. The van der Waals surface area contributed by atoms with Gasteiger partial charge in [-0.05, 0) is 30.4 Å². The van der Waals surface area contributed by atoms with Gasteiger partial charge in [0.25, 0.3) is 0 Å². The second-order valence-corrected chi connectivity index (χ2v) is 7.62. The topological polar surface area (TPSA) is 67.0 Å². The molecule has 24 heavy (non-hydrogen) atoms. The predicted molar refractivity (Wildman–Crippen MR) is 97.5 cm³/mol. The second kappa shape index (κ2) is 7.47. The molecule has 2 N–H and O–H groups in total. The van der Waals surface area contributed by atoms with E-state index in [9.17, 15) is 4.79 Å². The fourth-order valence-corrected chi connectivity index (χ4v) is 4.02. The van der Waals surface area contributed by atoms with Gasteiger partial charge in [-0.15, -0.1) is 0 Å².